The molecule has 0 aromatic heterocycles. The van der Waals surface area contributed by atoms with E-state index in [4.69, 9.17) is 0 Å². The van der Waals surface area contributed by atoms with Gasteiger partial charge < -0.3 is 0 Å². The van der Waals surface area contributed by atoms with Crippen LogP contribution in [0, 0.1) is 0 Å². The average molecular weight is 188 g/mol. The summed E-state index contributed by atoms with van der Waals surface area (Å²) in [7, 11) is 11.7. The zero-order valence-corrected chi connectivity index (χ0v) is 9.42. The van der Waals surface area contributed by atoms with E-state index in [9.17, 15) is 0 Å². The molecule has 0 aliphatic rings. The Morgan fingerprint density at radius 3 is 1.00 bits per heavy atom. The number of hydrazine groups is 3. The molecule has 0 saturated carbocycles. The van der Waals surface area contributed by atoms with E-state index in [0.29, 0.717) is 0 Å². The highest BCUT2D eigenvalue weighted by Crippen LogP contribution is 1.73. The summed E-state index contributed by atoms with van der Waals surface area (Å²) >= 11 is 0. The molecule has 6 nitrogen and oxygen atoms in total. The van der Waals surface area contributed by atoms with Crippen molar-refractivity contribution in [1.29, 1.82) is 0 Å². The minimum atomic E-state index is -0.0139. The molecule has 7 heteroatoms. The minimum absolute atomic E-state index is 0.0139. The maximum atomic E-state index is 3.17. The van der Waals surface area contributed by atoms with Crippen molar-refractivity contribution in [2.45, 2.75) is 0 Å². The van der Waals surface area contributed by atoms with Crippen LogP contribution in [0.5, 0.6) is 0 Å². The van der Waals surface area contributed by atoms with Crippen molar-refractivity contribution in [3.05, 3.63) is 0 Å². The zero-order chi connectivity index (χ0) is 10.4. The Hall–Kier alpha value is -0.175. The first-order valence-electron chi connectivity index (χ1n) is 4.22. The lowest BCUT2D eigenvalue weighted by molar-refractivity contribution is 0.285. The molecular weight excluding hydrogens is 167 g/mol. The second-order valence-electron chi connectivity index (χ2n) is 3.50. The number of hydrogen-bond donors (Lipinski definition) is 3. The lowest BCUT2D eigenvalue weighted by atomic mass is 10.00. The molecule has 0 aliphatic carbocycles. The standard InChI is InChI=1S/C6H21BN6/c1-11(2)8-7(9-12(3)4)10-13(5)6/h8-10H,1-6H3. The van der Waals surface area contributed by atoms with Gasteiger partial charge in [-0.3, -0.25) is 31.0 Å². The third kappa shape index (κ3) is 8.16. The van der Waals surface area contributed by atoms with E-state index in [1.807, 2.05) is 57.3 Å². The fourth-order valence-electron chi connectivity index (χ4n) is 0.861. The topological polar surface area (TPSA) is 45.8 Å². The Bertz CT molecular complexity index is 105. The molecule has 0 heterocycles. The first-order chi connectivity index (χ1) is 5.91. The summed E-state index contributed by atoms with van der Waals surface area (Å²) in [5.74, 6) is 0. The van der Waals surface area contributed by atoms with Crippen LogP contribution in [0.1, 0.15) is 0 Å². The molecule has 13 heavy (non-hydrogen) atoms. The van der Waals surface area contributed by atoms with Gasteiger partial charge in [-0.2, -0.15) is 0 Å². The molecule has 0 amide bonds. The first kappa shape index (κ1) is 12.8. The van der Waals surface area contributed by atoms with Crippen LogP contribution in [0.4, 0.5) is 0 Å². The summed E-state index contributed by atoms with van der Waals surface area (Å²) < 4.78 is 0. The smallest absolute Gasteiger partial charge is 0.262 e. The molecule has 0 spiro atoms. The molecule has 78 valence electrons. The lowest BCUT2D eigenvalue weighted by Gasteiger charge is -2.26. The summed E-state index contributed by atoms with van der Waals surface area (Å²) in [6.07, 6.45) is 0. The van der Waals surface area contributed by atoms with E-state index in [1.165, 1.54) is 0 Å². The summed E-state index contributed by atoms with van der Waals surface area (Å²) in [6, 6.07) is 0. The SMILES string of the molecule is CN(C)NB(NN(C)C)NN(C)C. The normalized spacial score (nSPS) is 11.8. The fourth-order valence-corrected chi connectivity index (χ4v) is 0.861. The van der Waals surface area contributed by atoms with Crippen molar-refractivity contribution >= 4 is 7.12 Å². The Morgan fingerprint density at radius 1 is 0.615 bits per heavy atom. The van der Waals surface area contributed by atoms with Crippen LogP contribution >= 0.6 is 0 Å². The van der Waals surface area contributed by atoms with E-state index in [0.717, 1.165) is 0 Å². The molecule has 0 fully saturated rings. The van der Waals surface area contributed by atoms with E-state index in [2.05, 4.69) is 16.0 Å². The van der Waals surface area contributed by atoms with Crippen LogP contribution in [-0.2, 0) is 0 Å². The highest BCUT2D eigenvalue weighted by atomic mass is 15.6. The molecule has 0 bridgehead atoms. The van der Waals surface area contributed by atoms with Crippen LogP contribution in [0.2, 0.25) is 0 Å². The Morgan fingerprint density at radius 2 is 0.846 bits per heavy atom. The van der Waals surface area contributed by atoms with Crippen LogP contribution < -0.4 is 16.0 Å². The van der Waals surface area contributed by atoms with Gasteiger partial charge in [0.05, 0.1) is 0 Å². The maximum Gasteiger partial charge on any atom is 0.438 e. The summed E-state index contributed by atoms with van der Waals surface area (Å²) in [4.78, 5) is 0. The fraction of sp³-hybridized carbons (Fsp3) is 1.00. The summed E-state index contributed by atoms with van der Waals surface area (Å²) in [5, 5.41) is 15.2. The molecule has 0 rings (SSSR count). The van der Waals surface area contributed by atoms with E-state index < -0.39 is 0 Å². The van der Waals surface area contributed by atoms with Gasteiger partial charge in [-0.1, -0.05) is 0 Å². The molecule has 0 aliphatic heterocycles. The van der Waals surface area contributed by atoms with Gasteiger partial charge in [0.1, 0.15) is 0 Å². The quantitative estimate of drug-likeness (QED) is 0.336. The molecule has 0 radical (unpaired) electrons. The van der Waals surface area contributed by atoms with E-state index in [1.54, 1.807) is 0 Å². The van der Waals surface area contributed by atoms with Gasteiger partial charge in [-0.15, -0.1) is 0 Å². The van der Waals surface area contributed by atoms with Gasteiger partial charge in [-0.25, -0.2) is 0 Å². The maximum absolute atomic E-state index is 3.17. The average Bonchev–Trinajstić information content (AvgIpc) is 1.80. The predicted octanol–water partition coefficient (Wildman–Crippen LogP) is -1.83. The number of nitrogens with one attached hydrogen (secondary N) is 3. The minimum Gasteiger partial charge on any atom is -0.262 e. The molecular formula is C6H21BN6. The third-order valence-corrected chi connectivity index (χ3v) is 1.16. The van der Waals surface area contributed by atoms with Crippen LogP contribution in [0.15, 0.2) is 0 Å². The largest absolute Gasteiger partial charge is 0.438 e. The lowest BCUT2D eigenvalue weighted by Crippen LogP contribution is -2.67. The van der Waals surface area contributed by atoms with Crippen molar-refractivity contribution in [2.24, 2.45) is 0 Å². The predicted molar refractivity (Wildman–Crippen MR) is 56.2 cm³/mol. The van der Waals surface area contributed by atoms with Crippen LogP contribution in [0.3, 0.4) is 0 Å². The highest BCUT2D eigenvalue weighted by Gasteiger charge is 2.16. The molecule has 0 unspecified atom stereocenters. The zero-order valence-electron chi connectivity index (χ0n) is 9.42. The Labute approximate surface area is 81.3 Å². The van der Waals surface area contributed by atoms with Crippen molar-refractivity contribution in [3.63, 3.8) is 0 Å². The third-order valence-electron chi connectivity index (χ3n) is 1.16. The Balaban J connectivity index is 3.87. The number of nitrogens with zero attached hydrogens (tertiary/aromatic N) is 3. The number of hydrogen-bond acceptors (Lipinski definition) is 6. The van der Waals surface area contributed by atoms with Crippen LogP contribution in [-0.4, -0.2) is 64.4 Å². The highest BCUT2D eigenvalue weighted by molar-refractivity contribution is 6.49. The first-order valence-corrected chi connectivity index (χ1v) is 4.22. The summed E-state index contributed by atoms with van der Waals surface area (Å²) in [5.41, 5.74) is 0. The number of rotatable bonds is 6. The van der Waals surface area contributed by atoms with Gasteiger partial charge >= 0.3 is 7.12 Å². The van der Waals surface area contributed by atoms with Crippen LogP contribution in [0.25, 0.3) is 0 Å². The van der Waals surface area contributed by atoms with Crippen molar-refractivity contribution in [2.75, 3.05) is 42.3 Å². The van der Waals surface area contributed by atoms with Gasteiger partial charge in [0.25, 0.3) is 0 Å². The van der Waals surface area contributed by atoms with Crippen molar-refractivity contribution < 1.29 is 0 Å². The van der Waals surface area contributed by atoms with Gasteiger partial charge in [0, 0.05) is 42.3 Å². The molecule has 0 aromatic carbocycles. The van der Waals surface area contributed by atoms with Crippen molar-refractivity contribution in [3.8, 4) is 0 Å². The molecule has 0 aromatic rings. The second-order valence-corrected chi connectivity index (χ2v) is 3.50. The van der Waals surface area contributed by atoms with E-state index >= 15 is 0 Å². The van der Waals surface area contributed by atoms with Gasteiger partial charge in [0.2, 0.25) is 0 Å². The molecule has 0 saturated heterocycles. The van der Waals surface area contributed by atoms with Gasteiger partial charge in [0.15, 0.2) is 0 Å². The monoisotopic (exact) mass is 188 g/mol. The van der Waals surface area contributed by atoms with E-state index in [-0.39, 0.29) is 7.12 Å². The molecule has 3 N–H and O–H groups in total. The second kappa shape index (κ2) is 6.30. The van der Waals surface area contributed by atoms with Crippen molar-refractivity contribution in [1.82, 2.24) is 31.0 Å². The summed E-state index contributed by atoms with van der Waals surface area (Å²) in [6.45, 7) is 0. The Kier molecular flexibility index (Phi) is 6.22. The van der Waals surface area contributed by atoms with Gasteiger partial charge in [-0.05, 0) is 0 Å². The molecule has 0 atom stereocenters.